The Kier molecular flexibility index (Phi) is 4.84. The maximum atomic E-state index is 12.6. The van der Waals surface area contributed by atoms with Crippen LogP contribution in [-0.2, 0) is 14.3 Å². The molecule has 6 atom stereocenters. The monoisotopic (exact) mass is 360 g/mol. The van der Waals surface area contributed by atoms with E-state index in [0.29, 0.717) is 12.5 Å². The average molecular weight is 360 g/mol. The van der Waals surface area contributed by atoms with Crippen molar-refractivity contribution in [2.45, 2.75) is 70.4 Å². The van der Waals surface area contributed by atoms with Crippen molar-refractivity contribution in [2.75, 3.05) is 13.1 Å². The van der Waals surface area contributed by atoms with Gasteiger partial charge in [-0.2, -0.15) is 0 Å². The second-order valence-electron chi connectivity index (χ2n) is 9.15. The molecule has 0 bridgehead atoms. The van der Waals surface area contributed by atoms with E-state index in [-0.39, 0.29) is 41.3 Å². The first-order valence-corrected chi connectivity index (χ1v) is 10.4. The lowest BCUT2D eigenvalue weighted by atomic mass is 9.55. The highest BCUT2D eigenvalue weighted by Crippen LogP contribution is 2.56. The van der Waals surface area contributed by atoms with Crippen LogP contribution in [0.3, 0.4) is 0 Å². The Balaban J connectivity index is 1.44. The summed E-state index contributed by atoms with van der Waals surface area (Å²) >= 11 is 0. The minimum atomic E-state index is -0.178. The number of amides is 1. The van der Waals surface area contributed by atoms with E-state index >= 15 is 0 Å². The van der Waals surface area contributed by atoms with Crippen LogP contribution < -0.4 is 10.6 Å². The van der Waals surface area contributed by atoms with Crippen LogP contribution in [0.2, 0.25) is 0 Å². The molecule has 2 N–H and O–H groups in total. The molecule has 4 aliphatic rings. The Bertz CT molecular complexity index is 604. The van der Waals surface area contributed by atoms with Crippen molar-refractivity contribution in [3.05, 3.63) is 12.2 Å². The Morgan fingerprint density at radius 3 is 3.00 bits per heavy atom. The van der Waals surface area contributed by atoms with E-state index in [0.717, 1.165) is 45.1 Å². The first kappa shape index (κ1) is 18.0. The molecule has 1 amide bonds. The number of ether oxygens (including phenoxy) is 1. The van der Waals surface area contributed by atoms with Gasteiger partial charge in [0.2, 0.25) is 5.91 Å². The predicted octanol–water partition coefficient (Wildman–Crippen LogP) is 2.56. The number of fused-ring (bicyclic) bond motifs is 2. The minimum absolute atomic E-state index is 0.0458. The lowest BCUT2D eigenvalue weighted by Crippen LogP contribution is -2.48. The van der Waals surface area contributed by atoms with Gasteiger partial charge in [-0.1, -0.05) is 19.1 Å². The Labute approximate surface area is 156 Å². The first-order valence-electron chi connectivity index (χ1n) is 10.4. The molecule has 5 heteroatoms. The van der Waals surface area contributed by atoms with Crippen molar-refractivity contribution in [3.8, 4) is 0 Å². The second-order valence-corrected chi connectivity index (χ2v) is 9.15. The number of hydrogen-bond donors (Lipinski definition) is 2. The van der Waals surface area contributed by atoms with E-state index in [2.05, 4.69) is 24.1 Å². The minimum Gasteiger partial charge on any atom is -0.462 e. The van der Waals surface area contributed by atoms with Crippen LogP contribution in [0.5, 0.6) is 0 Å². The molecular formula is C21H32N2O3. The van der Waals surface area contributed by atoms with Crippen molar-refractivity contribution in [1.82, 2.24) is 10.6 Å². The second kappa shape index (κ2) is 6.99. The largest absolute Gasteiger partial charge is 0.462 e. The van der Waals surface area contributed by atoms with Gasteiger partial charge in [0, 0.05) is 19.0 Å². The van der Waals surface area contributed by atoms with Crippen molar-refractivity contribution in [3.63, 3.8) is 0 Å². The third kappa shape index (κ3) is 3.19. The standard InChI is InChI=1S/C21H32N2O3/c1-13-6-5-8-21(2)11-18-14(10-16(13)21)15(20(25)26-18)12-23-17-7-3-4-9-22-19(17)24/h14-18,23H,1,3-12H2,2H3,(H,22,24)/t14-,15-,16+,17+,18-,21-/m1/s1. The van der Waals surface area contributed by atoms with Gasteiger partial charge in [0.05, 0.1) is 12.0 Å². The van der Waals surface area contributed by atoms with Crippen LogP contribution in [0.1, 0.15) is 58.3 Å². The van der Waals surface area contributed by atoms with Gasteiger partial charge in [0.15, 0.2) is 0 Å². The maximum absolute atomic E-state index is 12.6. The highest BCUT2D eigenvalue weighted by molar-refractivity contribution is 5.82. The summed E-state index contributed by atoms with van der Waals surface area (Å²) in [4.78, 5) is 24.7. The summed E-state index contributed by atoms with van der Waals surface area (Å²) in [6.45, 7) is 8.01. The Morgan fingerprint density at radius 2 is 2.15 bits per heavy atom. The van der Waals surface area contributed by atoms with Crippen molar-refractivity contribution < 1.29 is 14.3 Å². The molecule has 0 aromatic carbocycles. The Morgan fingerprint density at radius 1 is 1.31 bits per heavy atom. The van der Waals surface area contributed by atoms with E-state index in [1.807, 2.05) is 0 Å². The molecule has 0 radical (unpaired) electrons. The molecule has 4 rings (SSSR count). The van der Waals surface area contributed by atoms with Gasteiger partial charge >= 0.3 is 5.97 Å². The van der Waals surface area contributed by atoms with Gasteiger partial charge in [-0.05, 0) is 62.7 Å². The molecule has 2 aliphatic carbocycles. The van der Waals surface area contributed by atoms with Crippen LogP contribution in [0, 0.1) is 23.2 Å². The molecule has 2 heterocycles. The van der Waals surface area contributed by atoms with Crippen molar-refractivity contribution in [1.29, 1.82) is 0 Å². The summed E-state index contributed by atoms with van der Waals surface area (Å²) in [7, 11) is 0. The number of nitrogens with one attached hydrogen (secondary N) is 2. The van der Waals surface area contributed by atoms with Crippen LogP contribution >= 0.6 is 0 Å². The fourth-order valence-corrected chi connectivity index (χ4v) is 5.89. The average Bonchev–Trinajstić information content (AvgIpc) is 2.74. The van der Waals surface area contributed by atoms with Crippen LogP contribution in [0.4, 0.5) is 0 Å². The molecule has 2 saturated heterocycles. The van der Waals surface area contributed by atoms with Gasteiger partial charge in [-0.3, -0.25) is 9.59 Å². The predicted molar refractivity (Wildman–Crippen MR) is 99.3 cm³/mol. The van der Waals surface area contributed by atoms with E-state index in [4.69, 9.17) is 4.74 Å². The van der Waals surface area contributed by atoms with Gasteiger partial charge in [-0.25, -0.2) is 0 Å². The molecule has 0 unspecified atom stereocenters. The number of allylic oxidation sites excluding steroid dienone is 1. The normalized spacial score (nSPS) is 43.1. The molecule has 0 aromatic heterocycles. The van der Waals surface area contributed by atoms with Crippen LogP contribution in [0.25, 0.3) is 0 Å². The lowest BCUT2D eigenvalue weighted by Gasteiger charge is -2.50. The number of carbonyl (C=O) groups excluding carboxylic acids is 2. The third-order valence-corrected chi connectivity index (χ3v) is 7.44. The van der Waals surface area contributed by atoms with Crippen LogP contribution in [0.15, 0.2) is 12.2 Å². The highest BCUT2D eigenvalue weighted by Gasteiger charge is 2.55. The lowest BCUT2D eigenvalue weighted by molar-refractivity contribution is -0.146. The van der Waals surface area contributed by atoms with Crippen LogP contribution in [-0.4, -0.2) is 37.1 Å². The highest BCUT2D eigenvalue weighted by atomic mass is 16.6. The number of rotatable bonds is 3. The van der Waals surface area contributed by atoms with E-state index in [1.54, 1.807) is 0 Å². The summed E-state index contributed by atoms with van der Waals surface area (Å²) in [5.41, 5.74) is 1.60. The fourth-order valence-electron chi connectivity index (χ4n) is 5.89. The zero-order valence-corrected chi connectivity index (χ0v) is 15.9. The first-order chi connectivity index (χ1) is 12.5. The van der Waals surface area contributed by atoms with E-state index in [1.165, 1.54) is 18.4 Å². The quantitative estimate of drug-likeness (QED) is 0.600. The van der Waals surface area contributed by atoms with Gasteiger partial charge in [-0.15, -0.1) is 0 Å². The fraction of sp³-hybridized carbons (Fsp3) is 0.810. The molecule has 2 aliphatic heterocycles. The van der Waals surface area contributed by atoms with Gasteiger partial charge in [0.1, 0.15) is 6.10 Å². The van der Waals surface area contributed by atoms with Gasteiger partial charge < -0.3 is 15.4 Å². The summed E-state index contributed by atoms with van der Waals surface area (Å²) in [6, 6.07) is -0.178. The number of esters is 1. The SMILES string of the molecule is C=C1CCC[C@]2(C)C[C@H]3OC(=O)[C@H](CN[C@H]4CCCCNC4=O)[C@H]3C[C@@H]12. The van der Waals surface area contributed by atoms with E-state index in [9.17, 15) is 9.59 Å². The molecule has 0 aromatic rings. The molecule has 144 valence electrons. The van der Waals surface area contributed by atoms with E-state index < -0.39 is 0 Å². The summed E-state index contributed by atoms with van der Waals surface area (Å²) in [6.07, 6.45) is 8.48. The molecule has 26 heavy (non-hydrogen) atoms. The molecule has 4 fully saturated rings. The number of hydrogen-bond acceptors (Lipinski definition) is 4. The van der Waals surface area contributed by atoms with Crippen molar-refractivity contribution in [2.24, 2.45) is 23.2 Å². The Hall–Kier alpha value is -1.36. The zero-order valence-electron chi connectivity index (χ0n) is 15.9. The molecule has 2 saturated carbocycles. The third-order valence-electron chi connectivity index (χ3n) is 7.44. The maximum Gasteiger partial charge on any atom is 0.310 e. The molecular weight excluding hydrogens is 328 g/mol. The smallest absolute Gasteiger partial charge is 0.310 e. The molecule has 5 nitrogen and oxygen atoms in total. The van der Waals surface area contributed by atoms with Gasteiger partial charge in [0.25, 0.3) is 0 Å². The van der Waals surface area contributed by atoms with Crippen molar-refractivity contribution >= 4 is 11.9 Å². The summed E-state index contributed by atoms with van der Waals surface area (Å²) in [5.74, 6) is 0.638. The topological polar surface area (TPSA) is 67.4 Å². The molecule has 0 spiro atoms. The summed E-state index contributed by atoms with van der Waals surface area (Å²) < 4.78 is 5.81. The zero-order chi connectivity index (χ0) is 18.3. The summed E-state index contributed by atoms with van der Waals surface area (Å²) in [5, 5.41) is 6.33. The number of carbonyl (C=O) groups is 2.